The zero-order valence-electron chi connectivity index (χ0n) is 7.42. The third kappa shape index (κ3) is 1.86. The number of aromatic nitrogens is 1. The molecule has 1 aromatic heterocycles. The Morgan fingerprint density at radius 3 is 2.79 bits per heavy atom. The molecule has 0 saturated heterocycles. The first kappa shape index (κ1) is 9.80. The molecule has 2 aromatic rings. The number of benzene rings is 1. The number of hydrogen-bond acceptors (Lipinski definition) is 2. The maximum atomic E-state index is 12.8. The Hall–Kier alpha value is -0.740. The minimum atomic E-state index is -0.242. The van der Waals surface area contributed by atoms with Crippen LogP contribution < -0.4 is 0 Å². The lowest BCUT2D eigenvalue weighted by molar-refractivity contribution is 0.627. The van der Waals surface area contributed by atoms with E-state index in [9.17, 15) is 4.39 Å². The van der Waals surface area contributed by atoms with Gasteiger partial charge in [0, 0.05) is 21.1 Å². The van der Waals surface area contributed by atoms with Crippen LogP contribution in [0, 0.1) is 12.7 Å². The van der Waals surface area contributed by atoms with E-state index in [0.29, 0.717) is 0 Å². The van der Waals surface area contributed by atoms with E-state index in [2.05, 4.69) is 20.9 Å². The summed E-state index contributed by atoms with van der Waals surface area (Å²) in [7, 11) is 0. The molecule has 4 heteroatoms. The Balaban J connectivity index is 2.52. The Morgan fingerprint density at radius 1 is 1.43 bits per heavy atom. The fraction of sp³-hybridized carbons (Fsp3) is 0.100. The Kier molecular flexibility index (Phi) is 2.65. The van der Waals surface area contributed by atoms with Crippen LogP contribution in [-0.4, -0.2) is 4.98 Å². The molecule has 0 amide bonds. The average Bonchev–Trinajstić information content (AvgIpc) is 2.51. The molecule has 0 fully saturated rings. The first-order valence-corrected chi connectivity index (χ1v) is 5.65. The van der Waals surface area contributed by atoms with Crippen LogP contribution in [0.15, 0.2) is 28.9 Å². The van der Waals surface area contributed by atoms with Gasteiger partial charge in [-0.1, -0.05) is 0 Å². The molecule has 0 aliphatic heterocycles. The van der Waals surface area contributed by atoms with E-state index in [1.807, 2.05) is 13.1 Å². The molecule has 0 aliphatic rings. The summed E-state index contributed by atoms with van der Waals surface area (Å²) in [5.74, 6) is -0.242. The van der Waals surface area contributed by atoms with Gasteiger partial charge in [0.25, 0.3) is 0 Å². The molecule has 72 valence electrons. The molecule has 14 heavy (non-hydrogen) atoms. The lowest BCUT2D eigenvalue weighted by Crippen LogP contribution is -1.80. The molecule has 0 N–H and O–H groups in total. The van der Waals surface area contributed by atoms with Crippen LogP contribution in [0.4, 0.5) is 4.39 Å². The van der Waals surface area contributed by atoms with E-state index in [-0.39, 0.29) is 5.82 Å². The minimum Gasteiger partial charge on any atom is -0.244 e. The minimum absolute atomic E-state index is 0.242. The number of thiazole rings is 1. The van der Waals surface area contributed by atoms with Crippen LogP contribution in [0.25, 0.3) is 10.6 Å². The maximum absolute atomic E-state index is 12.8. The van der Waals surface area contributed by atoms with Gasteiger partial charge in [-0.05, 0) is 41.1 Å². The van der Waals surface area contributed by atoms with Gasteiger partial charge in [0.15, 0.2) is 0 Å². The van der Waals surface area contributed by atoms with Crippen LogP contribution in [-0.2, 0) is 0 Å². The van der Waals surface area contributed by atoms with Crippen LogP contribution in [0.1, 0.15) is 4.88 Å². The van der Waals surface area contributed by atoms with Crippen LogP contribution in [0.5, 0.6) is 0 Å². The average molecular weight is 272 g/mol. The zero-order valence-corrected chi connectivity index (χ0v) is 9.82. The van der Waals surface area contributed by atoms with Crippen molar-refractivity contribution in [2.75, 3.05) is 0 Å². The van der Waals surface area contributed by atoms with Gasteiger partial charge in [0.1, 0.15) is 10.8 Å². The fourth-order valence-corrected chi connectivity index (χ4v) is 2.62. The van der Waals surface area contributed by atoms with Crippen molar-refractivity contribution in [3.63, 3.8) is 0 Å². The SMILES string of the molecule is Cc1cnc(-c2ccc(F)cc2Br)s1. The summed E-state index contributed by atoms with van der Waals surface area (Å²) in [5.41, 5.74) is 0.935. The van der Waals surface area contributed by atoms with Crippen molar-refractivity contribution in [3.8, 4) is 10.6 Å². The third-order valence-corrected chi connectivity index (χ3v) is 3.38. The summed E-state index contributed by atoms with van der Waals surface area (Å²) in [6.07, 6.45) is 1.82. The highest BCUT2D eigenvalue weighted by atomic mass is 79.9. The molecular formula is C10H7BrFNS. The quantitative estimate of drug-likeness (QED) is 0.764. The van der Waals surface area contributed by atoms with Crippen LogP contribution >= 0.6 is 27.3 Å². The molecule has 1 heterocycles. The van der Waals surface area contributed by atoms with Gasteiger partial charge in [0.2, 0.25) is 0 Å². The Labute approximate surface area is 93.7 Å². The predicted molar refractivity (Wildman–Crippen MR) is 59.9 cm³/mol. The van der Waals surface area contributed by atoms with Crippen molar-refractivity contribution in [3.05, 3.63) is 39.6 Å². The topological polar surface area (TPSA) is 12.9 Å². The van der Waals surface area contributed by atoms with Crippen molar-refractivity contribution in [2.24, 2.45) is 0 Å². The molecule has 0 radical (unpaired) electrons. The number of aryl methyl sites for hydroxylation is 1. The Bertz CT molecular complexity index is 467. The van der Waals surface area contributed by atoms with E-state index in [4.69, 9.17) is 0 Å². The summed E-state index contributed by atoms with van der Waals surface area (Å²) in [5, 5.41) is 0.911. The highest BCUT2D eigenvalue weighted by molar-refractivity contribution is 9.10. The van der Waals surface area contributed by atoms with Gasteiger partial charge < -0.3 is 0 Å². The standard InChI is InChI=1S/C10H7BrFNS/c1-6-5-13-10(14-6)8-3-2-7(12)4-9(8)11/h2-5H,1H3. The second kappa shape index (κ2) is 3.79. The number of halogens is 2. The van der Waals surface area contributed by atoms with E-state index >= 15 is 0 Å². The summed E-state index contributed by atoms with van der Waals surface area (Å²) >= 11 is 4.92. The highest BCUT2D eigenvalue weighted by Gasteiger charge is 2.07. The molecule has 1 nitrogen and oxygen atoms in total. The van der Waals surface area contributed by atoms with Gasteiger partial charge in [0.05, 0.1) is 0 Å². The van der Waals surface area contributed by atoms with Crippen molar-refractivity contribution in [1.82, 2.24) is 4.98 Å². The zero-order chi connectivity index (χ0) is 10.1. The molecule has 0 aliphatic carbocycles. The maximum Gasteiger partial charge on any atom is 0.124 e. The smallest absolute Gasteiger partial charge is 0.124 e. The second-order valence-corrected chi connectivity index (χ2v) is 4.99. The van der Waals surface area contributed by atoms with Gasteiger partial charge in [-0.2, -0.15) is 0 Å². The van der Waals surface area contributed by atoms with Crippen molar-refractivity contribution in [1.29, 1.82) is 0 Å². The van der Waals surface area contributed by atoms with Crippen molar-refractivity contribution < 1.29 is 4.39 Å². The first-order chi connectivity index (χ1) is 6.66. The summed E-state index contributed by atoms with van der Waals surface area (Å²) in [6, 6.07) is 4.63. The van der Waals surface area contributed by atoms with Crippen LogP contribution in [0.3, 0.4) is 0 Å². The number of hydrogen-bond donors (Lipinski definition) is 0. The lowest BCUT2D eigenvalue weighted by Gasteiger charge is -1.99. The van der Waals surface area contributed by atoms with E-state index in [1.54, 1.807) is 17.4 Å². The molecule has 1 aromatic carbocycles. The lowest BCUT2D eigenvalue weighted by atomic mass is 10.2. The summed E-state index contributed by atoms with van der Waals surface area (Å²) < 4.78 is 13.6. The highest BCUT2D eigenvalue weighted by Crippen LogP contribution is 2.31. The molecule has 0 unspecified atom stereocenters. The molecule has 0 atom stereocenters. The molecule has 0 bridgehead atoms. The number of rotatable bonds is 1. The van der Waals surface area contributed by atoms with Gasteiger partial charge in [-0.25, -0.2) is 9.37 Å². The van der Waals surface area contributed by atoms with Crippen LogP contribution in [0.2, 0.25) is 0 Å². The third-order valence-electron chi connectivity index (χ3n) is 1.78. The molecule has 0 saturated carbocycles. The Morgan fingerprint density at radius 2 is 2.21 bits per heavy atom. The molecule has 2 rings (SSSR count). The first-order valence-electron chi connectivity index (χ1n) is 4.04. The molecular weight excluding hydrogens is 265 g/mol. The normalized spacial score (nSPS) is 10.5. The summed E-state index contributed by atoms with van der Waals surface area (Å²) in [4.78, 5) is 5.39. The predicted octanol–water partition coefficient (Wildman–Crippen LogP) is 4.02. The monoisotopic (exact) mass is 271 g/mol. The van der Waals surface area contributed by atoms with Gasteiger partial charge >= 0.3 is 0 Å². The fourth-order valence-electron chi connectivity index (χ4n) is 1.14. The van der Waals surface area contributed by atoms with Gasteiger partial charge in [-0.15, -0.1) is 11.3 Å². The number of nitrogens with zero attached hydrogens (tertiary/aromatic N) is 1. The largest absolute Gasteiger partial charge is 0.244 e. The van der Waals surface area contributed by atoms with E-state index in [0.717, 1.165) is 19.9 Å². The van der Waals surface area contributed by atoms with E-state index < -0.39 is 0 Å². The molecule has 0 spiro atoms. The van der Waals surface area contributed by atoms with Crippen molar-refractivity contribution >= 4 is 27.3 Å². The van der Waals surface area contributed by atoms with E-state index in [1.165, 1.54) is 12.1 Å². The second-order valence-electron chi connectivity index (χ2n) is 2.90. The van der Waals surface area contributed by atoms with Gasteiger partial charge in [-0.3, -0.25) is 0 Å². The van der Waals surface area contributed by atoms with Crippen molar-refractivity contribution in [2.45, 2.75) is 6.92 Å². The summed E-state index contributed by atoms with van der Waals surface area (Å²) in [6.45, 7) is 2.00.